The number of nitrogens with one attached hydrogen (secondary N) is 1. The minimum atomic E-state index is -0.354. The van der Waals surface area contributed by atoms with Crippen molar-refractivity contribution in [1.82, 2.24) is 5.43 Å². The van der Waals surface area contributed by atoms with Gasteiger partial charge in [0.05, 0.1) is 12.2 Å². The summed E-state index contributed by atoms with van der Waals surface area (Å²) in [6.45, 7) is 7.44. The van der Waals surface area contributed by atoms with E-state index in [2.05, 4.69) is 11.5 Å². The molecule has 1 atom stereocenters. The van der Waals surface area contributed by atoms with E-state index in [9.17, 15) is 0 Å². The molecule has 1 rings (SSSR count). The van der Waals surface area contributed by atoms with Crippen LogP contribution in [0.4, 0.5) is 0 Å². The van der Waals surface area contributed by atoms with Gasteiger partial charge in [-0.2, -0.15) is 0 Å². The Kier molecular flexibility index (Phi) is 4.57. The summed E-state index contributed by atoms with van der Waals surface area (Å²) in [5, 5.41) is 0. The largest absolute Gasteiger partial charge is 0.496 e. The Bertz CT molecular complexity index is 227. The van der Waals surface area contributed by atoms with Gasteiger partial charge in [-0.3, -0.25) is 5.84 Å². The van der Waals surface area contributed by atoms with E-state index in [1.165, 1.54) is 0 Å². The summed E-state index contributed by atoms with van der Waals surface area (Å²) in [6.07, 6.45) is 4.22. The highest BCUT2D eigenvalue weighted by atomic mass is 16.5. The van der Waals surface area contributed by atoms with E-state index in [1.54, 1.807) is 0 Å². The fourth-order valence-corrected chi connectivity index (χ4v) is 1.86. The lowest BCUT2D eigenvalue weighted by atomic mass is 9.95. The van der Waals surface area contributed by atoms with Crippen molar-refractivity contribution >= 4 is 0 Å². The molecule has 88 valence electrons. The van der Waals surface area contributed by atoms with Crippen LogP contribution in [0, 0.1) is 0 Å². The topological polar surface area (TPSA) is 56.5 Å². The summed E-state index contributed by atoms with van der Waals surface area (Å²) in [6, 6.07) is -0.0854. The van der Waals surface area contributed by atoms with Crippen molar-refractivity contribution in [2.45, 2.75) is 45.3 Å². The Labute approximate surface area is 91.8 Å². The molecule has 0 aliphatic carbocycles. The second-order valence-corrected chi connectivity index (χ2v) is 4.23. The predicted molar refractivity (Wildman–Crippen MR) is 60.1 cm³/mol. The van der Waals surface area contributed by atoms with Gasteiger partial charge >= 0.3 is 0 Å². The van der Waals surface area contributed by atoms with Crippen LogP contribution in [0.3, 0.4) is 0 Å². The van der Waals surface area contributed by atoms with Crippen molar-refractivity contribution in [3.05, 3.63) is 11.8 Å². The summed E-state index contributed by atoms with van der Waals surface area (Å²) in [5.41, 5.74) is 2.42. The Balaban J connectivity index is 2.72. The van der Waals surface area contributed by atoms with Gasteiger partial charge < -0.3 is 9.47 Å². The fourth-order valence-electron chi connectivity index (χ4n) is 1.86. The average molecular weight is 214 g/mol. The van der Waals surface area contributed by atoms with E-state index in [0.717, 1.165) is 25.2 Å². The molecule has 0 saturated carbocycles. The van der Waals surface area contributed by atoms with Crippen LogP contribution in [0.15, 0.2) is 11.8 Å². The van der Waals surface area contributed by atoms with Crippen molar-refractivity contribution in [3.63, 3.8) is 0 Å². The van der Waals surface area contributed by atoms with Crippen LogP contribution < -0.4 is 11.3 Å². The normalized spacial score (nSPS) is 19.3. The molecule has 1 aliphatic heterocycles. The van der Waals surface area contributed by atoms with Crippen molar-refractivity contribution in [2.24, 2.45) is 5.84 Å². The molecule has 15 heavy (non-hydrogen) atoms. The van der Waals surface area contributed by atoms with Crippen LogP contribution in [-0.2, 0) is 9.47 Å². The van der Waals surface area contributed by atoms with Crippen LogP contribution in [0.2, 0.25) is 0 Å². The van der Waals surface area contributed by atoms with Gasteiger partial charge in [0.25, 0.3) is 0 Å². The zero-order valence-corrected chi connectivity index (χ0v) is 9.88. The summed E-state index contributed by atoms with van der Waals surface area (Å²) in [4.78, 5) is 0. The molecule has 0 radical (unpaired) electrons. The van der Waals surface area contributed by atoms with E-state index >= 15 is 0 Å². The average Bonchev–Trinajstić information content (AvgIpc) is 2.19. The number of hydrogen-bond donors (Lipinski definition) is 2. The molecule has 0 aromatic rings. The molecule has 3 N–H and O–H groups in total. The Morgan fingerprint density at radius 3 is 2.87 bits per heavy atom. The molecule has 1 aliphatic rings. The quantitative estimate of drug-likeness (QED) is 0.535. The molecule has 0 aromatic heterocycles. The first-order valence-corrected chi connectivity index (χ1v) is 5.54. The van der Waals surface area contributed by atoms with Gasteiger partial charge in [-0.15, -0.1) is 0 Å². The minimum absolute atomic E-state index is 0.0854. The van der Waals surface area contributed by atoms with E-state index in [4.69, 9.17) is 15.3 Å². The maximum absolute atomic E-state index is 5.67. The molecule has 0 aromatic carbocycles. The van der Waals surface area contributed by atoms with E-state index in [1.807, 2.05) is 20.8 Å². The lowest BCUT2D eigenvalue weighted by Crippen LogP contribution is -2.53. The van der Waals surface area contributed by atoms with Crippen LogP contribution >= 0.6 is 0 Å². The molecule has 0 amide bonds. The molecule has 0 bridgehead atoms. The number of nitrogens with two attached hydrogens (primary N) is 1. The molecule has 0 saturated heterocycles. The van der Waals surface area contributed by atoms with Gasteiger partial charge in [-0.25, -0.2) is 5.43 Å². The summed E-state index contributed by atoms with van der Waals surface area (Å²) in [5.74, 6) is 6.47. The molecule has 4 heteroatoms. The Morgan fingerprint density at radius 1 is 1.67 bits per heavy atom. The van der Waals surface area contributed by atoms with Crippen LogP contribution in [0.5, 0.6) is 0 Å². The van der Waals surface area contributed by atoms with Crippen LogP contribution in [0.25, 0.3) is 0 Å². The minimum Gasteiger partial charge on any atom is -0.496 e. The molecular weight excluding hydrogens is 192 g/mol. The highest BCUT2D eigenvalue weighted by Gasteiger charge is 2.33. The van der Waals surface area contributed by atoms with Crippen molar-refractivity contribution in [2.75, 3.05) is 13.2 Å². The molecule has 1 unspecified atom stereocenters. The van der Waals surface area contributed by atoms with Gasteiger partial charge in [0.2, 0.25) is 0 Å². The zero-order chi connectivity index (χ0) is 11.3. The second kappa shape index (κ2) is 5.49. The van der Waals surface area contributed by atoms with Crippen LogP contribution in [0.1, 0.15) is 33.6 Å². The SMILES string of the molecule is CCOC(C)(C)C(NN)C1=CCCCO1. The maximum Gasteiger partial charge on any atom is 0.113 e. The fraction of sp³-hybridized carbons (Fsp3) is 0.818. The lowest BCUT2D eigenvalue weighted by Gasteiger charge is -2.35. The first kappa shape index (κ1) is 12.5. The van der Waals surface area contributed by atoms with Gasteiger partial charge in [-0.05, 0) is 39.7 Å². The summed E-state index contributed by atoms with van der Waals surface area (Å²) in [7, 11) is 0. The zero-order valence-electron chi connectivity index (χ0n) is 9.88. The number of hydrogen-bond acceptors (Lipinski definition) is 4. The number of ether oxygens (including phenoxy) is 2. The first-order chi connectivity index (χ1) is 7.11. The van der Waals surface area contributed by atoms with Crippen molar-refractivity contribution in [3.8, 4) is 0 Å². The van der Waals surface area contributed by atoms with E-state index < -0.39 is 0 Å². The van der Waals surface area contributed by atoms with E-state index in [0.29, 0.717) is 6.61 Å². The smallest absolute Gasteiger partial charge is 0.113 e. The number of hydrazine groups is 1. The number of rotatable bonds is 5. The predicted octanol–water partition coefficient (Wildman–Crippen LogP) is 1.33. The third kappa shape index (κ3) is 3.19. The highest BCUT2D eigenvalue weighted by Crippen LogP contribution is 2.24. The molecule has 0 fully saturated rings. The summed E-state index contributed by atoms with van der Waals surface area (Å²) < 4.78 is 11.3. The van der Waals surface area contributed by atoms with Crippen molar-refractivity contribution < 1.29 is 9.47 Å². The van der Waals surface area contributed by atoms with Gasteiger partial charge in [0.15, 0.2) is 0 Å². The molecular formula is C11H22N2O2. The second-order valence-electron chi connectivity index (χ2n) is 4.23. The third-order valence-electron chi connectivity index (χ3n) is 2.63. The first-order valence-electron chi connectivity index (χ1n) is 5.54. The van der Waals surface area contributed by atoms with Gasteiger partial charge in [0.1, 0.15) is 11.8 Å². The monoisotopic (exact) mass is 214 g/mol. The summed E-state index contributed by atoms with van der Waals surface area (Å²) >= 11 is 0. The third-order valence-corrected chi connectivity index (χ3v) is 2.63. The van der Waals surface area contributed by atoms with Crippen LogP contribution in [-0.4, -0.2) is 24.9 Å². The standard InChI is InChI=1S/C11H22N2O2/c1-4-15-11(2,3)10(13-12)9-7-5-6-8-14-9/h7,10,13H,4-6,8,12H2,1-3H3. The van der Waals surface area contributed by atoms with Crippen molar-refractivity contribution in [1.29, 1.82) is 0 Å². The lowest BCUT2D eigenvalue weighted by molar-refractivity contribution is -0.0435. The Morgan fingerprint density at radius 2 is 2.40 bits per heavy atom. The molecule has 1 heterocycles. The maximum atomic E-state index is 5.67. The Hall–Kier alpha value is -0.580. The van der Waals surface area contributed by atoms with E-state index in [-0.39, 0.29) is 11.6 Å². The molecule has 4 nitrogen and oxygen atoms in total. The molecule has 0 spiro atoms. The number of allylic oxidation sites excluding steroid dienone is 1. The van der Waals surface area contributed by atoms with Gasteiger partial charge in [-0.1, -0.05) is 0 Å². The highest BCUT2D eigenvalue weighted by molar-refractivity contribution is 5.11. The van der Waals surface area contributed by atoms with Gasteiger partial charge in [0, 0.05) is 6.61 Å².